The summed E-state index contributed by atoms with van der Waals surface area (Å²) >= 11 is 0. The third kappa shape index (κ3) is 15.0. The van der Waals surface area contributed by atoms with Crippen molar-refractivity contribution in [3.63, 3.8) is 0 Å². The van der Waals surface area contributed by atoms with E-state index in [4.69, 9.17) is 37.9 Å². The standard InChI is InChI=1S/C46H77N5O21/c1-22(10-12-31(55)47-16-27-25-8-4-6-14-65-43-39(63)35(59)41(29(18-52)69-43)71-45(67-27)37(61)33(25)57)49-20-51(24(3)54)21-50-23(2)11-13-32(56)48-17-28-26-9-5-7-15-66-44-40(64)36(60)42(30(19-53)70-44)72-46(68-28)38(62)34(26)58/h25-30,33-46,49-50,52-53,57-64H,1-2,4-21H2,3H3,(H,47,55)(H,48,56)/t25?,26?,27?,28?,29?,30?,33?,34?,35?,36?,37?,38?,39?,40?,41?,42?,43-,44-,45+,46+/m1/s1. The Bertz CT molecular complexity index is 1650. The van der Waals surface area contributed by atoms with Gasteiger partial charge in [0.1, 0.15) is 61.0 Å². The molecule has 0 radical (unpaired) electrons. The van der Waals surface area contributed by atoms with E-state index in [1.165, 1.54) is 11.8 Å². The minimum Gasteiger partial charge on any atom is -0.394 e. The quantitative estimate of drug-likeness (QED) is 0.0571. The van der Waals surface area contributed by atoms with Crippen LogP contribution < -0.4 is 21.3 Å². The molecule has 12 rings (SSSR count). The van der Waals surface area contributed by atoms with Crippen molar-refractivity contribution in [2.75, 3.05) is 52.9 Å². The number of aliphatic hydroxyl groups excluding tert-OH is 10. The number of ether oxygens (including phenoxy) is 8. The van der Waals surface area contributed by atoms with Gasteiger partial charge in [-0.05, 0) is 38.5 Å². The van der Waals surface area contributed by atoms with Crippen molar-refractivity contribution < 1.29 is 103 Å². The van der Waals surface area contributed by atoms with E-state index >= 15 is 0 Å². The first-order valence-corrected chi connectivity index (χ1v) is 24.9. The molecular weight excluding hydrogens is 959 g/mol. The first-order valence-electron chi connectivity index (χ1n) is 24.9. The lowest BCUT2D eigenvalue weighted by molar-refractivity contribution is -0.355. The van der Waals surface area contributed by atoms with Crippen LogP contribution in [0.4, 0.5) is 0 Å². The number of rotatable bonds is 18. The summed E-state index contributed by atoms with van der Waals surface area (Å²) in [4.78, 5) is 40.1. The topological polar surface area (TPSA) is 379 Å². The van der Waals surface area contributed by atoms with Gasteiger partial charge in [-0.3, -0.25) is 14.4 Å². The fourth-order valence-electron chi connectivity index (χ4n) is 9.71. The Morgan fingerprint density at radius 1 is 0.486 bits per heavy atom. The molecule has 72 heavy (non-hydrogen) atoms. The predicted molar refractivity (Wildman–Crippen MR) is 244 cm³/mol. The summed E-state index contributed by atoms with van der Waals surface area (Å²) in [5.74, 6) is -2.30. The van der Waals surface area contributed by atoms with Crippen LogP contribution in [0.2, 0.25) is 0 Å². The van der Waals surface area contributed by atoms with Gasteiger partial charge in [0.25, 0.3) is 0 Å². The van der Waals surface area contributed by atoms with E-state index in [9.17, 15) is 65.4 Å². The van der Waals surface area contributed by atoms with Gasteiger partial charge in [-0.15, -0.1) is 0 Å². The van der Waals surface area contributed by atoms with E-state index in [0.29, 0.717) is 49.9 Å². The molecule has 0 aromatic carbocycles. The van der Waals surface area contributed by atoms with Crippen LogP contribution in [0.1, 0.15) is 71.1 Å². The lowest BCUT2D eigenvalue weighted by atomic mass is 9.84. The molecule has 0 aliphatic carbocycles. The highest BCUT2D eigenvalue weighted by atomic mass is 16.8. The molecule has 12 aliphatic heterocycles. The maximum atomic E-state index is 13.1. The van der Waals surface area contributed by atoms with Crippen LogP contribution in [-0.4, -0.2) is 237 Å². The summed E-state index contributed by atoms with van der Waals surface area (Å²) in [7, 11) is 0. The van der Waals surface area contributed by atoms with Gasteiger partial charge in [-0.2, -0.15) is 0 Å². The first-order chi connectivity index (χ1) is 34.4. The van der Waals surface area contributed by atoms with Gasteiger partial charge in [0, 0.05) is 69.3 Å². The maximum Gasteiger partial charge on any atom is 0.222 e. The van der Waals surface area contributed by atoms with E-state index in [1.54, 1.807) is 0 Å². The molecule has 12 fully saturated rings. The van der Waals surface area contributed by atoms with Gasteiger partial charge >= 0.3 is 0 Å². The fourth-order valence-corrected chi connectivity index (χ4v) is 9.71. The van der Waals surface area contributed by atoms with E-state index in [-0.39, 0.29) is 83.0 Å². The molecule has 0 spiro atoms. The molecule has 20 atom stereocenters. The number of aliphatic hydroxyl groups is 10. The summed E-state index contributed by atoms with van der Waals surface area (Å²) in [5.41, 5.74) is 0.898. The second kappa shape index (κ2) is 27.5. The molecule has 3 amide bonds. The highest BCUT2D eigenvalue weighted by molar-refractivity contribution is 5.76. The minimum absolute atomic E-state index is 0.0119. The van der Waals surface area contributed by atoms with Crippen molar-refractivity contribution >= 4 is 17.7 Å². The third-order valence-electron chi connectivity index (χ3n) is 14.2. The first kappa shape index (κ1) is 58.0. The van der Waals surface area contributed by atoms with Gasteiger partial charge < -0.3 is 115 Å². The SMILES string of the molecule is C=C(CCC(=O)NCC1O[C@H]2OC3C(CO)O[C@@H](OCCCCC1C(O)C2O)C(O)C3O)NCN(CNC(=C)CCC(=O)NCC1O[C@H]2OC3C(CO)O[C@@H](OCCCCC1C(O)C2O)C(O)C3O)C(C)=O. The molecule has 412 valence electrons. The average Bonchev–Trinajstić information content (AvgIpc) is 3.36. The highest BCUT2D eigenvalue weighted by Gasteiger charge is 2.53. The average molecular weight is 1040 g/mol. The second-order valence-corrected chi connectivity index (χ2v) is 19.3. The molecule has 0 aromatic heterocycles. The Kier molecular flexibility index (Phi) is 22.2. The minimum atomic E-state index is -1.59. The van der Waals surface area contributed by atoms with Gasteiger partial charge in [0.15, 0.2) is 25.2 Å². The molecule has 26 heteroatoms. The maximum absolute atomic E-state index is 13.1. The zero-order valence-corrected chi connectivity index (χ0v) is 40.6. The Hall–Kier alpha value is -3.23. The number of allylic oxidation sites excluding steroid dienone is 2. The number of nitrogens with zero attached hydrogens (tertiary/aromatic N) is 1. The van der Waals surface area contributed by atoms with Crippen molar-refractivity contribution in [2.45, 2.75) is 182 Å². The van der Waals surface area contributed by atoms with Crippen molar-refractivity contribution in [1.29, 1.82) is 0 Å². The number of nitrogens with one attached hydrogen (secondary N) is 4. The lowest BCUT2D eigenvalue weighted by Gasteiger charge is -2.47. The Balaban J connectivity index is 0.913. The van der Waals surface area contributed by atoms with E-state index in [2.05, 4.69) is 34.4 Å². The molecule has 16 unspecified atom stereocenters. The molecule has 12 saturated heterocycles. The van der Waals surface area contributed by atoms with E-state index in [0.717, 1.165) is 0 Å². The number of hydrogen-bond donors (Lipinski definition) is 14. The Morgan fingerprint density at radius 2 is 0.861 bits per heavy atom. The highest BCUT2D eigenvalue weighted by Crippen LogP contribution is 2.36. The summed E-state index contributed by atoms with van der Waals surface area (Å²) in [5, 5.41) is 119. The zero-order valence-electron chi connectivity index (χ0n) is 40.6. The van der Waals surface area contributed by atoms with Crippen LogP contribution >= 0.6 is 0 Å². The fraction of sp³-hybridized carbons (Fsp3) is 0.848. The van der Waals surface area contributed by atoms with Crippen molar-refractivity contribution in [2.24, 2.45) is 11.8 Å². The summed E-state index contributed by atoms with van der Waals surface area (Å²) in [6.45, 7) is 8.25. The number of carbonyl (C=O) groups excluding carboxylic acids is 3. The Labute approximate surface area is 417 Å². The van der Waals surface area contributed by atoms with Crippen molar-refractivity contribution in [3.05, 3.63) is 24.6 Å². The molecule has 12 heterocycles. The van der Waals surface area contributed by atoms with Crippen LogP contribution in [0.5, 0.6) is 0 Å². The predicted octanol–water partition coefficient (Wildman–Crippen LogP) is -5.08. The Morgan fingerprint density at radius 3 is 1.24 bits per heavy atom. The van der Waals surface area contributed by atoms with Gasteiger partial charge in [-0.25, -0.2) is 0 Å². The monoisotopic (exact) mass is 1040 g/mol. The van der Waals surface area contributed by atoms with Gasteiger partial charge in [-0.1, -0.05) is 26.0 Å². The van der Waals surface area contributed by atoms with E-state index in [1.807, 2.05) is 0 Å². The normalized spacial score (nSPS) is 39.5. The zero-order chi connectivity index (χ0) is 52.2. The number of carbonyl (C=O) groups is 3. The molecule has 14 N–H and O–H groups in total. The molecule has 8 bridgehead atoms. The molecule has 12 aliphatic rings. The van der Waals surface area contributed by atoms with Gasteiger partial charge in [0.2, 0.25) is 17.7 Å². The largest absolute Gasteiger partial charge is 0.394 e. The summed E-state index contributed by atoms with van der Waals surface area (Å²) in [6, 6.07) is 0. The molecule has 26 nitrogen and oxygen atoms in total. The van der Waals surface area contributed by atoms with Gasteiger partial charge in [0.05, 0.1) is 51.0 Å². The van der Waals surface area contributed by atoms with Crippen LogP contribution in [0, 0.1) is 11.8 Å². The van der Waals surface area contributed by atoms with Crippen LogP contribution in [0.15, 0.2) is 24.6 Å². The molecule has 0 saturated carbocycles. The smallest absolute Gasteiger partial charge is 0.222 e. The van der Waals surface area contributed by atoms with Crippen LogP contribution in [0.25, 0.3) is 0 Å². The van der Waals surface area contributed by atoms with E-state index < -0.39 is 136 Å². The third-order valence-corrected chi connectivity index (χ3v) is 14.2. The lowest BCUT2D eigenvalue weighted by Crippen LogP contribution is -2.64. The molecule has 0 aromatic rings. The van der Waals surface area contributed by atoms with Crippen LogP contribution in [-0.2, 0) is 52.3 Å². The summed E-state index contributed by atoms with van der Waals surface area (Å²) in [6.07, 6.45) is -21.1. The summed E-state index contributed by atoms with van der Waals surface area (Å²) < 4.78 is 46.4. The second-order valence-electron chi connectivity index (χ2n) is 19.3. The van der Waals surface area contributed by atoms with Crippen molar-refractivity contribution in [1.82, 2.24) is 26.2 Å². The van der Waals surface area contributed by atoms with Crippen molar-refractivity contribution in [3.8, 4) is 0 Å². The number of amides is 3. The van der Waals surface area contributed by atoms with Crippen LogP contribution in [0.3, 0.4) is 0 Å². The number of hydrogen-bond acceptors (Lipinski definition) is 23. The molecular formula is C46H77N5O21.